The second kappa shape index (κ2) is 31.8. The van der Waals surface area contributed by atoms with Crippen molar-refractivity contribution in [1.82, 2.24) is 0 Å². The highest BCUT2D eigenvalue weighted by molar-refractivity contribution is 6.29. The molecule has 0 fully saturated rings. The highest BCUT2D eigenvalue weighted by atomic mass is 16.3. The number of hydrogen-bond donors (Lipinski definition) is 0. The maximum Gasteiger partial charge on any atom is 0.136 e. The van der Waals surface area contributed by atoms with E-state index in [4.69, 9.17) is 29.7 Å². The zero-order valence-corrected chi connectivity index (χ0v) is 70.6. The summed E-state index contributed by atoms with van der Waals surface area (Å²) in [6.07, 6.45) is 0. The predicted octanol–water partition coefficient (Wildman–Crippen LogP) is 37.3. The number of furan rings is 3. The fourth-order valence-corrected chi connectivity index (χ4v) is 19.9. The Morgan fingerprint density at radius 2 is 0.361 bits per heavy atom. The first-order valence-corrected chi connectivity index (χ1v) is 43.8. The first-order valence-electron chi connectivity index (χ1n) is 55.8. The Morgan fingerprint density at radius 3 is 0.707 bits per heavy atom. The molecule has 3 heterocycles. The average molecular weight is 1710 g/mol. The summed E-state index contributed by atoms with van der Waals surface area (Å²) < 4.78 is 236. The number of fused-ring (bicyclic) bond motifs is 22. The molecule has 0 N–H and O–H groups in total. The molecule has 618 valence electrons. The van der Waals surface area contributed by atoms with Crippen molar-refractivity contribution in [2.75, 3.05) is 0 Å². The molecule has 0 spiro atoms. The van der Waals surface area contributed by atoms with Crippen LogP contribution in [0.15, 0.2) is 498 Å². The van der Waals surface area contributed by atoms with Crippen molar-refractivity contribution in [3.8, 4) is 100 Å². The molecule has 3 nitrogen and oxygen atoms in total. The Kier molecular flexibility index (Phi) is 13.4. The van der Waals surface area contributed by atoms with Gasteiger partial charge in [0.1, 0.15) is 33.5 Å². The van der Waals surface area contributed by atoms with Gasteiger partial charge in [-0.25, -0.2) is 0 Å². The molecule has 0 radical (unpaired) electrons. The van der Waals surface area contributed by atoms with E-state index in [1.165, 1.54) is 0 Å². The molecule has 0 unspecified atom stereocenters. The van der Waals surface area contributed by atoms with Gasteiger partial charge in [0.2, 0.25) is 0 Å². The zero-order chi connectivity index (χ0) is 108. The lowest BCUT2D eigenvalue weighted by Crippen LogP contribution is -1.91. The lowest BCUT2D eigenvalue weighted by molar-refractivity contribution is 0.669. The fraction of sp³-hybridized carbons (Fsp3) is 0. The Bertz CT molecular complexity index is 10900. The van der Waals surface area contributed by atoms with E-state index >= 15 is 0 Å². The van der Waals surface area contributed by atoms with Gasteiger partial charge in [-0.1, -0.05) is 424 Å². The first-order chi connectivity index (χ1) is 75.9. The van der Waals surface area contributed by atoms with Crippen molar-refractivity contribution in [1.29, 1.82) is 0 Å². The normalized spacial score (nSPS) is 14.3. The minimum absolute atomic E-state index is 0.172. The van der Waals surface area contributed by atoms with Gasteiger partial charge in [0.25, 0.3) is 0 Å². The highest BCUT2D eigenvalue weighted by Gasteiger charge is 2.25. The second-order valence-electron chi connectivity index (χ2n) is 33.2. The van der Waals surface area contributed by atoms with Gasteiger partial charge >= 0.3 is 0 Å². The Balaban J connectivity index is 0.000000118. The van der Waals surface area contributed by atoms with Crippen molar-refractivity contribution in [2.45, 2.75) is 0 Å². The van der Waals surface area contributed by atoms with Crippen LogP contribution in [-0.2, 0) is 0 Å². The van der Waals surface area contributed by atoms with Crippen LogP contribution in [-0.4, -0.2) is 0 Å². The van der Waals surface area contributed by atoms with E-state index in [-0.39, 0.29) is 137 Å². The molecule has 0 aliphatic carbocycles. The summed E-state index contributed by atoms with van der Waals surface area (Å²) in [5.41, 5.74) is 15.0. The van der Waals surface area contributed by atoms with Crippen LogP contribution in [0.1, 0.15) is 32.9 Å². The van der Waals surface area contributed by atoms with E-state index in [0.717, 1.165) is 109 Å². The quantitative estimate of drug-likeness (QED) is 0.135. The number of rotatable bonds is 9. The van der Waals surface area contributed by atoms with Crippen LogP contribution in [0.25, 0.3) is 274 Å². The molecule has 0 saturated carbocycles. The summed E-state index contributed by atoms with van der Waals surface area (Å²) in [6.45, 7) is 0. The maximum absolute atomic E-state index is 9.37. The molecule has 0 aliphatic heterocycles. The van der Waals surface area contributed by atoms with Crippen LogP contribution >= 0.6 is 0 Å². The third kappa shape index (κ3) is 13.0. The SMILES string of the molecule is [2H]c1c([2H])c([2H])c2c(-c3ccc4oc5ccc6ccccc6c5c4c3)c3c([2H])c([2H])c([2H])c([2H])c3c(-c3ccc(-c4ccc(-c5ccccc5)cc4)cc3)c2c1[2H].[2H]c1c([2H])c([2H])c2c(-c3ccc4oc5ccc6ccccc6c5c4c3)c3c([2H])c([2H])c([2H])c([2H])c3c(-c3cccc(-c4ccccc4)c3)c2c1[2H].[2H]c1c([2H])c([2H])c2c(-c3cccc4ccccc34)c3c([2H])c([2H])c([2H])c([2H])c3c(-c3ccc4oc5ccc6ccccc6c5c4c3)c2c1[2H]. The summed E-state index contributed by atoms with van der Waals surface area (Å²) >= 11 is 0. The topological polar surface area (TPSA) is 39.4 Å². The molecule has 25 aromatic carbocycles. The Hall–Kier alpha value is -17.5. The molecule has 3 aromatic heterocycles. The van der Waals surface area contributed by atoms with Crippen molar-refractivity contribution in [2.24, 2.45) is 0 Å². The van der Waals surface area contributed by atoms with E-state index in [9.17, 15) is 16.4 Å². The average Bonchev–Trinajstić information content (AvgIpc) is 1.16. The first kappa shape index (κ1) is 56.0. The molecule has 0 amide bonds. The van der Waals surface area contributed by atoms with E-state index in [0.29, 0.717) is 100 Å². The van der Waals surface area contributed by atoms with Crippen molar-refractivity contribution in [3.63, 3.8) is 0 Å². The van der Waals surface area contributed by atoms with Gasteiger partial charge in [-0.2, -0.15) is 0 Å². The van der Waals surface area contributed by atoms with Gasteiger partial charge in [0.05, 0.1) is 32.9 Å². The van der Waals surface area contributed by atoms with Crippen LogP contribution < -0.4 is 0 Å². The van der Waals surface area contributed by atoms with Gasteiger partial charge in [0, 0.05) is 32.3 Å². The Morgan fingerprint density at radius 1 is 0.135 bits per heavy atom. The minimum Gasteiger partial charge on any atom is -0.456 e. The Labute approximate surface area is 800 Å². The number of hydrogen-bond acceptors (Lipinski definition) is 3. The summed E-state index contributed by atoms with van der Waals surface area (Å²) in [5.74, 6) is 0. The fourth-order valence-electron chi connectivity index (χ4n) is 19.9. The largest absolute Gasteiger partial charge is 0.456 e. The molecular weight excluding hydrogens is 1610 g/mol. The van der Waals surface area contributed by atoms with Crippen molar-refractivity contribution < 1.29 is 46.1 Å². The van der Waals surface area contributed by atoms with E-state index in [1.807, 2.05) is 297 Å². The van der Waals surface area contributed by atoms with Crippen molar-refractivity contribution >= 4 is 174 Å². The standard InChI is InChI=1S/C48H30O.C42H26O.C40H24O/c1-2-10-31(11-3-1)32-18-20-33(21-19-32)34-22-24-36(25-23-34)46-39-14-6-8-16-41(39)47(42-17-9-7-15-40(42)46)37-27-28-44-43(30-37)48-38-13-5-4-12-35(38)26-29-45(48)49-44;1-2-11-27(12-3-1)29-14-10-15-30(25-29)40-33-17-6-8-19-35(33)41(36-20-9-7-18-34(36)40)31-22-23-38-37(26-31)42-32-16-5-4-13-28(32)21-24-39(42)43-38;1-3-13-28-25(10-1)12-9-19-30(28)39-33-17-7-5-15-31(33)38(32-16-6-8-18-34(32)39)27-21-22-36-35(24-27)40-29-14-4-2-11-26(29)20-23-37(40)41-36/h1-30H;1-26H;1-24H/i6D,7D,8D,9D,14D,15D,16D,17D;6D,7D,8D,9D,17D,18D,19D,20D;5D,6D,7D,8D,15D,16D,17D,18D. The zero-order valence-electron chi connectivity index (χ0n) is 94.6. The van der Waals surface area contributed by atoms with E-state index in [1.54, 1.807) is 18.2 Å². The molecule has 133 heavy (non-hydrogen) atoms. The van der Waals surface area contributed by atoms with E-state index in [2.05, 4.69) is 24.3 Å². The molecule has 28 rings (SSSR count). The molecule has 0 aliphatic rings. The summed E-state index contributed by atoms with van der Waals surface area (Å²) in [5, 5.41) is 14.9. The molecule has 0 atom stereocenters. The highest BCUT2D eigenvalue weighted by Crippen LogP contribution is 2.52. The lowest BCUT2D eigenvalue weighted by Gasteiger charge is -2.18. The second-order valence-corrected chi connectivity index (χ2v) is 33.2. The molecular formula is C130H80O3. The van der Waals surface area contributed by atoms with Crippen LogP contribution in [0.3, 0.4) is 0 Å². The minimum atomic E-state index is -0.435. The monoisotopic (exact) mass is 1710 g/mol. The van der Waals surface area contributed by atoms with Gasteiger partial charge < -0.3 is 13.3 Å². The summed E-state index contributed by atoms with van der Waals surface area (Å²) in [6, 6.07) is 100. The molecule has 0 bridgehead atoms. The van der Waals surface area contributed by atoms with E-state index < -0.39 is 72.5 Å². The molecule has 28 aromatic rings. The third-order valence-corrected chi connectivity index (χ3v) is 25.9. The lowest BCUT2D eigenvalue weighted by atomic mass is 9.84. The van der Waals surface area contributed by atoms with Gasteiger partial charge in [-0.05, 0) is 269 Å². The van der Waals surface area contributed by atoms with Crippen LogP contribution in [0, 0.1) is 0 Å². The van der Waals surface area contributed by atoms with Crippen LogP contribution in [0.5, 0.6) is 0 Å². The van der Waals surface area contributed by atoms with Gasteiger partial charge in [0.15, 0.2) is 0 Å². The summed E-state index contributed by atoms with van der Waals surface area (Å²) in [7, 11) is 0. The van der Waals surface area contributed by atoms with Gasteiger partial charge in [-0.3, -0.25) is 0 Å². The molecule has 3 heteroatoms. The summed E-state index contributed by atoms with van der Waals surface area (Å²) in [4.78, 5) is 0. The smallest absolute Gasteiger partial charge is 0.136 e. The van der Waals surface area contributed by atoms with Gasteiger partial charge in [-0.15, -0.1) is 0 Å². The maximum atomic E-state index is 9.37. The van der Waals surface area contributed by atoms with Crippen molar-refractivity contribution in [3.05, 3.63) is 485 Å². The number of benzene rings is 25. The van der Waals surface area contributed by atoms with Crippen LogP contribution in [0.4, 0.5) is 0 Å². The predicted molar refractivity (Wildman–Crippen MR) is 565 cm³/mol. The third-order valence-electron chi connectivity index (χ3n) is 25.9. The molecule has 0 saturated heterocycles. The van der Waals surface area contributed by atoms with Crippen LogP contribution in [0.2, 0.25) is 0 Å².